The zero-order valence-electron chi connectivity index (χ0n) is 17.1. The summed E-state index contributed by atoms with van der Waals surface area (Å²) in [5, 5.41) is 0. The molecular formula is C22H21N6O3S-. The molecule has 0 aliphatic carbocycles. The molecule has 0 amide bonds. The number of anilines is 3. The molecule has 1 atom stereocenters. The van der Waals surface area contributed by atoms with Crippen molar-refractivity contribution in [2.75, 3.05) is 42.7 Å². The number of hydrogen-bond donors (Lipinski definition) is 2. The number of morpholine rings is 1. The van der Waals surface area contributed by atoms with Crippen LogP contribution in [0.5, 0.6) is 0 Å². The molecule has 5 rings (SSSR count). The summed E-state index contributed by atoms with van der Waals surface area (Å²) in [4.78, 5) is 10.7. The molecule has 164 valence electrons. The summed E-state index contributed by atoms with van der Waals surface area (Å²) in [6.07, 6.45) is 1.55. The number of aromatic nitrogens is 3. The fraction of sp³-hybridized carbons (Fsp3) is 0.182. The van der Waals surface area contributed by atoms with Gasteiger partial charge in [-0.15, -0.1) is 0 Å². The second-order valence-corrected chi connectivity index (χ2v) is 8.38. The van der Waals surface area contributed by atoms with Crippen LogP contribution < -0.4 is 16.4 Å². The number of imidazole rings is 1. The van der Waals surface area contributed by atoms with Crippen molar-refractivity contribution in [1.29, 1.82) is 0 Å². The maximum absolute atomic E-state index is 11.4. The van der Waals surface area contributed by atoms with Crippen LogP contribution in [0.2, 0.25) is 0 Å². The molecule has 3 heterocycles. The van der Waals surface area contributed by atoms with E-state index in [9.17, 15) is 8.76 Å². The maximum atomic E-state index is 11.4. The third-order valence-electron chi connectivity index (χ3n) is 5.56. The third kappa shape index (κ3) is 3.68. The van der Waals surface area contributed by atoms with Crippen LogP contribution in [0.1, 0.15) is 0 Å². The van der Waals surface area contributed by atoms with Crippen LogP contribution in [0.25, 0.3) is 27.8 Å². The first-order valence-electron chi connectivity index (χ1n) is 10.1. The van der Waals surface area contributed by atoms with E-state index in [0.717, 1.165) is 54.3 Å². The lowest BCUT2D eigenvalue weighted by Gasteiger charge is -2.29. The predicted molar refractivity (Wildman–Crippen MR) is 123 cm³/mol. The van der Waals surface area contributed by atoms with E-state index in [1.807, 2.05) is 34.9 Å². The second kappa shape index (κ2) is 8.23. The fourth-order valence-corrected chi connectivity index (χ4v) is 4.37. The second-order valence-electron chi connectivity index (χ2n) is 7.47. The Morgan fingerprint density at radius 2 is 1.69 bits per heavy atom. The van der Waals surface area contributed by atoms with Gasteiger partial charge in [0.1, 0.15) is 5.82 Å². The number of nitrogens with zero attached hydrogens (tertiary/aromatic N) is 4. The van der Waals surface area contributed by atoms with Gasteiger partial charge in [-0.25, -0.2) is 9.97 Å². The number of benzene rings is 2. The molecule has 1 saturated heterocycles. The Hall–Kier alpha value is -3.47. The summed E-state index contributed by atoms with van der Waals surface area (Å²) in [7, 11) is 0. The number of nitrogens with two attached hydrogens (primary N) is 2. The SMILES string of the molecule is Nc1ncc(-c2ccc3nc(N)n(-c4ccc(N5CCOCC5)cc4)c3c2)cc1S(=O)[O-]. The number of ether oxygens (including phenoxy) is 1. The van der Waals surface area contributed by atoms with Crippen LogP contribution >= 0.6 is 0 Å². The van der Waals surface area contributed by atoms with Crippen LogP contribution in [-0.4, -0.2) is 49.6 Å². The van der Waals surface area contributed by atoms with E-state index < -0.39 is 11.1 Å². The Balaban J connectivity index is 1.55. The highest BCUT2D eigenvalue weighted by atomic mass is 32.2. The average Bonchev–Trinajstić information content (AvgIpc) is 3.14. The van der Waals surface area contributed by atoms with Gasteiger partial charge in [0.2, 0.25) is 5.95 Å². The number of rotatable bonds is 4. The highest BCUT2D eigenvalue weighted by Crippen LogP contribution is 2.30. The van der Waals surface area contributed by atoms with Crippen LogP contribution in [0, 0.1) is 0 Å². The van der Waals surface area contributed by atoms with E-state index in [4.69, 9.17) is 16.2 Å². The van der Waals surface area contributed by atoms with Gasteiger partial charge in [0.25, 0.3) is 0 Å². The van der Waals surface area contributed by atoms with Crippen molar-refractivity contribution in [3.05, 3.63) is 54.7 Å². The van der Waals surface area contributed by atoms with Crippen LogP contribution in [0.3, 0.4) is 0 Å². The highest BCUT2D eigenvalue weighted by Gasteiger charge is 2.15. The monoisotopic (exact) mass is 449 g/mol. The lowest BCUT2D eigenvalue weighted by molar-refractivity contribution is 0.122. The van der Waals surface area contributed by atoms with Crippen molar-refractivity contribution >= 4 is 39.6 Å². The van der Waals surface area contributed by atoms with Gasteiger partial charge >= 0.3 is 0 Å². The highest BCUT2D eigenvalue weighted by molar-refractivity contribution is 7.79. The van der Waals surface area contributed by atoms with Gasteiger partial charge in [0, 0.05) is 36.2 Å². The van der Waals surface area contributed by atoms with Crippen molar-refractivity contribution in [2.45, 2.75) is 4.90 Å². The van der Waals surface area contributed by atoms with E-state index >= 15 is 0 Å². The Kier molecular flexibility index (Phi) is 5.25. The molecule has 32 heavy (non-hydrogen) atoms. The molecule has 1 aliphatic heterocycles. The lowest BCUT2D eigenvalue weighted by Crippen LogP contribution is -2.36. The van der Waals surface area contributed by atoms with E-state index in [-0.39, 0.29) is 10.7 Å². The van der Waals surface area contributed by atoms with Crippen molar-refractivity contribution in [1.82, 2.24) is 14.5 Å². The molecule has 1 unspecified atom stereocenters. The molecule has 0 radical (unpaired) electrons. The normalized spacial score (nSPS) is 15.2. The first-order chi connectivity index (χ1) is 15.5. The molecule has 2 aromatic carbocycles. The molecule has 9 nitrogen and oxygen atoms in total. The van der Waals surface area contributed by atoms with Crippen molar-refractivity contribution in [2.24, 2.45) is 0 Å². The summed E-state index contributed by atoms with van der Waals surface area (Å²) in [6.45, 7) is 3.19. The summed E-state index contributed by atoms with van der Waals surface area (Å²) in [6, 6.07) is 15.3. The standard InChI is InChI=1S/C22H22N6O3S/c23-21-20(32(29)30)12-15(13-25-21)14-1-6-18-19(11-14)28(22(24)26-18)17-4-2-16(3-5-17)27-7-9-31-10-8-27/h1-6,11-13H,7-10H2,(H2,23,25)(H2,24,26)(H,29,30)/p-1. The molecule has 1 fully saturated rings. The average molecular weight is 450 g/mol. The maximum Gasteiger partial charge on any atom is 0.205 e. The minimum absolute atomic E-state index is 0.0298. The minimum atomic E-state index is -2.47. The third-order valence-corrected chi connectivity index (χ3v) is 6.25. The van der Waals surface area contributed by atoms with Crippen molar-refractivity contribution in [3.8, 4) is 16.8 Å². The van der Waals surface area contributed by atoms with Gasteiger partial charge in [-0.3, -0.25) is 8.78 Å². The topological polar surface area (TPSA) is 135 Å². The quantitative estimate of drug-likeness (QED) is 0.453. The Bertz CT molecular complexity index is 1320. The zero-order chi connectivity index (χ0) is 22.2. The molecule has 0 saturated carbocycles. The Morgan fingerprint density at radius 3 is 2.41 bits per heavy atom. The predicted octanol–water partition coefficient (Wildman–Crippen LogP) is 2.33. The van der Waals surface area contributed by atoms with Crippen molar-refractivity contribution in [3.63, 3.8) is 0 Å². The smallest absolute Gasteiger partial charge is 0.205 e. The minimum Gasteiger partial charge on any atom is -0.768 e. The summed E-state index contributed by atoms with van der Waals surface area (Å²) >= 11 is -2.47. The van der Waals surface area contributed by atoms with Crippen molar-refractivity contribution < 1.29 is 13.5 Å². The number of hydrogen-bond acceptors (Lipinski definition) is 8. The first kappa shape index (κ1) is 20.4. The van der Waals surface area contributed by atoms with Gasteiger partial charge < -0.3 is 25.7 Å². The zero-order valence-corrected chi connectivity index (χ0v) is 17.9. The van der Waals surface area contributed by atoms with E-state index in [1.54, 1.807) is 6.20 Å². The summed E-state index contributed by atoms with van der Waals surface area (Å²) in [5.74, 6) is 0.339. The summed E-state index contributed by atoms with van der Waals surface area (Å²) in [5.41, 5.74) is 16.9. The molecule has 0 spiro atoms. The molecular weight excluding hydrogens is 428 g/mol. The van der Waals surface area contributed by atoms with Gasteiger partial charge in [0.15, 0.2) is 0 Å². The molecule has 4 aromatic rings. The number of fused-ring (bicyclic) bond motifs is 1. The van der Waals surface area contributed by atoms with Crippen LogP contribution in [-0.2, 0) is 15.8 Å². The molecule has 4 N–H and O–H groups in total. The lowest BCUT2D eigenvalue weighted by atomic mass is 10.1. The van der Waals surface area contributed by atoms with Gasteiger partial charge in [-0.1, -0.05) is 6.07 Å². The van der Waals surface area contributed by atoms with E-state index in [2.05, 4.69) is 27.0 Å². The fourth-order valence-electron chi connectivity index (χ4n) is 3.93. The number of nitrogen functional groups attached to an aromatic ring is 2. The summed E-state index contributed by atoms with van der Waals surface area (Å²) < 4.78 is 30.2. The van der Waals surface area contributed by atoms with Gasteiger partial charge in [-0.05, 0) is 59.1 Å². The molecule has 0 bridgehead atoms. The Morgan fingerprint density at radius 1 is 0.969 bits per heavy atom. The number of pyridine rings is 1. The van der Waals surface area contributed by atoms with E-state index in [1.165, 1.54) is 6.07 Å². The van der Waals surface area contributed by atoms with Crippen LogP contribution in [0.4, 0.5) is 17.5 Å². The van der Waals surface area contributed by atoms with Gasteiger partial charge in [0.05, 0.1) is 29.1 Å². The largest absolute Gasteiger partial charge is 0.768 e. The first-order valence-corrected chi connectivity index (χ1v) is 11.1. The Labute approximate surface area is 186 Å². The van der Waals surface area contributed by atoms with E-state index in [0.29, 0.717) is 11.5 Å². The molecule has 10 heteroatoms. The molecule has 2 aromatic heterocycles. The van der Waals surface area contributed by atoms with Gasteiger partial charge in [-0.2, -0.15) is 0 Å². The molecule has 1 aliphatic rings. The van der Waals surface area contributed by atoms with Crippen LogP contribution in [0.15, 0.2) is 59.6 Å².